The number of ketones is 1. The van der Waals surface area contributed by atoms with E-state index in [1.165, 1.54) is 0 Å². The van der Waals surface area contributed by atoms with E-state index >= 15 is 0 Å². The lowest BCUT2D eigenvalue weighted by Crippen LogP contribution is -2.27. The van der Waals surface area contributed by atoms with Gasteiger partial charge in [0.15, 0.2) is 0 Å². The quantitative estimate of drug-likeness (QED) is 0.685. The molecule has 14 heavy (non-hydrogen) atoms. The molecule has 2 bridgehead atoms. The molecule has 0 heterocycles. The van der Waals surface area contributed by atoms with Gasteiger partial charge >= 0.3 is 5.97 Å². The SMILES string of the molecule is O=C1C[C@H](C(=O)O)[C@H]2[C@@H]3CC[C@@H](C3)[C@@H]12. The number of hydrogen-bond acceptors (Lipinski definition) is 2. The first-order valence-corrected chi connectivity index (χ1v) is 5.44. The minimum absolute atomic E-state index is 0.120. The number of carboxylic acids is 1. The van der Waals surface area contributed by atoms with Crippen molar-refractivity contribution in [1.29, 1.82) is 0 Å². The number of hydrogen-bond donors (Lipinski definition) is 1. The third-order valence-corrected chi connectivity index (χ3v) is 4.56. The highest BCUT2D eigenvalue weighted by Gasteiger charge is 2.59. The molecule has 0 aromatic carbocycles. The predicted octanol–water partition coefficient (Wildman–Crippen LogP) is 1.32. The smallest absolute Gasteiger partial charge is 0.307 e. The van der Waals surface area contributed by atoms with Crippen LogP contribution in [-0.2, 0) is 9.59 Å². The molecule has 0 spiro atoms. The molecule has 0 radical (unpaired) electrons. The summed E-state index contributed by atoms with van der Waals surface area (Å²) in [5, 5.41) is 9.05. The zero-order valence-electron chi connectivity index (χ0n) is 7.98. The molecule has 0 aromatic rings. The van der Waals surface area contributed by atoms with Crippen LogP contribution in [-0.4, -0.2) is 16.9 Å². The van der Waals surface area contributed by atoms with E-state index in [9.17, 15) is 9.59 Å². The molecule has 3 rings (SSSR count). The van der Waals surface area contributed by atoms with E-state index in [1.54, 1.807) is 0 Å². The first kappa shape index (κ1) is 8.45. The molecule has 3 saturated carbocycles. The molecule has 0 aliphatic heterocycles. The van der Waals surface area contributed by atoms with Crippen LogP contribution in [0.5, 0.6) is 0 Å². The number of aliphatic carboxylic acids is 1. The molecular weight excluding hydrogens is 180 g/mol. The number of fused-ring (bicyclic) bond motifs is 5. The Morgan fingerprint density at radius 3 is 2.71 bits per heavy atom. The Morgan fingerprint density at radius 2 is 2.00 bits per heavy atom. The second-order valence-electron chi connectivity index (χ2n) is 5.05. The highest BCUT2D eigenvalue weighted by atomic mass is 16.4. The fourth-order valence-corrected chi connectivity index (χ4v) is 4.13. The van der Waals surface area contributed by atoms with E-state index in [0.29, 0.717) is 18.3 Å². The number of rotatable bonds is 1. The molecule has 3 fully saturated rings. The minimum Gasteiger partial charge on any atom is -0.481 e. The molecule has 0 unspecified atom stereocenters. The summed E-state index contributed by atoms with van der Waals surface area (Å²) in [4.78, 5) is 22.7. The van der Waals surface area contributed by atoms with Crippen molar-refractivity contribution in [3.63, 3.8) is 0 Å². The van der Waals surface area contributed by atoms with Gasteiger partial charge in [0.05, 0.1) is 5.92 Å². The first-order chi connectivity index (χ1) is 6.68. The van der Waals surface area contributed by atoms with Crippen molar-refractivity contribution in [2.45, 2.75) is 25.7 Å². The van der Waals surface area contributed by atoms with Crippen molar-refractivity contribution >= 4 is 11.8 Å². The summed E-state index contributed by atoms with van der Waals surface area (Å²) in [5.74, 6) is 0.504. The Bertz CT molecular complexity index is 310. The van der Waals surface area contributed by atoms with Crippen molar-refractivity contribution < 1.29 is 14.7 Å². The van der Waals surface area contributed by atoms with Crippen LogP contribution in [0.4, 0.5) is 0 Å². The van der Waals surface area contributed by atoms with Crippen molar-refractivity contribution in [2.24, 2.45) is 29.6 Å². The topological polar surface area (TPSA) is 54.4 Å². The standard InChI is InChI=1S/C11H14O3/c12-8-4-7(11(13)14)9-5-1-2-6(3-5)10(8)9/h5-7,9-10H,1-4H2,(H,13,14)/t5-,6+,7+,9-,10+/m1/s1. The largest absolute Gasteiger partial charge is 0.481 e. The average Bonchev–Trinajstić information content (AvgIpc) is 2.75. The zero-order chi connectivity index (χ0) is 9.87. The number of carboxylic acid groups (broad SMARTS) is 1. The van der Waals surface area contributed by atoms with Gasteiger partial charge in [-0.2, -0.15) is 0 Å². The summed E-state index contributed by atoms with van der Waals surface area (Å²) in [7, 11) is 0. The maximum Gasteiger partial charge on any atom is 0.307 e. The highest BCUT2D eigenvalue weighted by molar-refractivity contribution is 5.90. The third kappa shape index (κ3) is 0.877. The highest BCUT2D eigenvalue weighted by Crippen LogP contribution is 2.59. The lowest BCUT2D eigenvalue weighted by molar-refractivity contribution is -0.144. The van der Waals surface area contributed by atoms with Crippen LogP contribution in [0, 0.1) is 29.6 Å². The van der Waals surface area contributed by atoms with Gasteiger partial charge < -0.3 is 5.11 Å². The van der Waals surface area contributed by atoms with E-state index in [2.05, 4.69) is 0 Å². The Morgan fingerprint density at radius 1 is 1.29 bits per heavy atom. The molecule has 3 nitrogen and oxygen atoms in total. The van der Waals surface area contributed by atoms with Crippen LogP contribution in [0.3, 0.4) is 0 Å². The van der Waals surface area contributed by atoms with Gasteiger partial charge in [-0.05, 0) is 37.0 Å². The Kier molecular flexibility index (Phi) is 1.56. The van der Waals surface area contributed by atoms with Gasteiger partial charge in [-0.25, -0.2) is 0 Å². The second-order valence-corrected chi connectivity index (χ2v) is 5.05. The fourth-order valence-electron chi connectivity index (χ4n) is 4.13. The van der Waals surface area contributed by atoms with E-state index in [1.807, 2.05) is 0 Å². The lowest BCUT2D eigenvalue weighted by atomic mass is 9.78. The van der Waals surface area contributed by atoms with Gasteiger partial charge in [-0.1, -0.05) is 0 Å². The summed E-state index contributed by atoms with van der Waals surface area (Å²) >= 11 is 0. The zero-order valence-corrected chi connectivity index (χ0v) is 7.98. The molecule has 3 aliphatic carbocycles. The van der Waals surface area contributed by atoms with Crippen LogP contribution in [0.25, 0.3) is 0 Å². The fraction of sp³-hybridized carbons (Fsp3) is 0.818. The van der Waals surface area contributed by atoms with Gasteiger partial charge in [0.2, 0.25) is 0 Å². The summed E-state index contributed by atoms with van der Waals surface area (Å²) < 4.78 is 0. The molecule has 3 heteroatoms. The number of Topliss-reactive ketones (excluding diaryl/α,β-unsaturated/α-hetero) is 1. The summed E-state index contributed by atoms with van der Waals surface area (Å²) in [6.45, 7) is 0. The minimum atomic E-state index is -0.751. The van der Waals surface area contributed by atoms with Crippen LogP contribution in [0.2, 0.25) is 0 Å². The van der Waals surface area contributed by atoms with Crippen LogP contribution < -0.4 is 0 Å². The monoisotopic (exact) mass is 194 g/mol. The Hall–Kier alpha value is -0.860. The van der Waals surface area contributed by atoms with Crippen molar-refractivity contribution in [3.8, 4) is 0 Å². The summed E-state index contributed by atoms with van der Waals surface area (Å²) in [6.07, 6.45) is 3.73. The molecule has 5 atom stereocenters. The van der Waals surface area contributed by atoms with Crippen molar-refractivity contribution in [1.82, 2.24) is 0 Å². The Balaban J connectivity index is 1.95. The van der Waals surface area contributed by atoms with Gasteiger partial charge in [-0.15, -0.1) is 0 Å². The molecule has 1 N–H and O–H groups in total. The molecule has 0 aromatic heterocycles. The van der Waals surface area contributed by atoms with Crippen molar-refractivity contribution in [3.05, 3.63) is 0 Å². The molecule has 0 amide bonds. The summed E-state index contributed by atoms with van der Waals surface area (Å²) in [6, 6.07) is 0. The van der Waals surface area contributed by atoms with Gasteiger partial charge in [0.1, 0.15) is 5.78 Å². The molecule has 3 aliphatic rings. The van der Waals surface area contributed by atoms with E-state index in [-0.39, 0.29) is 23.5 Å². The third-order valence-electron chi connectivity index (χ3n) is 4.56. The maximum atomic E-state index is 11.7. The first-order valence-electron chi connectivity index (χ1n) is 5.44. The predicted molar refractivity (Wildman–Crippen MR) is 48.6 cm³/mol. The van der Waals surface area contributed by atoms with Gasteiger partial charge in [0, 0.05) is 12.3 Å². The second kappa shape index (κ2) is 2.59. The number of carbonyl (C=O) groups is 2. The maximum absolute atomic E-state index is 11.7. The lowest BCUT2D eigenvalue weighted by Gasteiger charge is -2.25. The average molecular weight is 194 g/mol. The van der Waals surface area contributed by atoms with Crippen LogP contribution in [0.1, 0.15) is 25.7 Å². The van der Waals surface area contributed by atoms with Crippen LogP contribution >= 0.6 is 0 Å². The van der Waals surface area contributed by atoms with E-state index < -0.39 is 5.97 Å². The van der Waals surface area contributed by atoms with Gasteiger partial charge in [0.25, 0.3) is 0 Å². The van der Waals surface area contributed by atoms with E-state index in [0.717, 1.165) is 19.3 Å². The van der Waals surface area contributed by atoms with Crippen molar-refractivity contribution in [2.75, 3.05) is 0 Å². The van der Waals surface area contributed by atoms with Gasteiger partial charge in [-0.3, -0.25) is 9.59 Å². The molecule has 76 valence electrons. The number of carbonyl (C=O) groups excluding carboxylic acids is 1. The summed E-state index contributed by atoms with van der Waals surface area (Å²) in [5.41, 5.74) is 0. The molecular formula is C11H14O3. The van der Waals surface area contributed by atoms with E-state index in [4.69, 9.17) is 5.11 Å². The van der Waals surface area contributed by atoms with Crippen LogP contribution in [0.15, 0.2) is 0 Å². The Labute approximate surface area is 82.5 Å². The molecule has 0 saturated heterocycles. The normalized spacial score (nSPS) is 49.7.